The number of H-pyrrole nitrogens is 1. The first-order valence-corrected chi connectivity index (χ1v) is 7.72. The third-order valence-electron chi connectivity index (χ3n) is 4.15. The smallest absolute Gasteiger partial charge is 0.250 e. The fourth-order valence-electron chi connectivity index (χ4n) is 2.70. The molecule has 1 aliphatic rings. The van der Waals surface area contributed by atoms with Crippen LogP contribution in [0, 0.1) is 5.92 Å². The van der Waals surface area contributed by atoms with Gasteiger partial charge in [0.15, 0.2) is 0 Å². The Morgan fingerprint density at radius 3 is 2.96 bits per heavy atom. The van der Waals surface area contributed by atoms with Crippen molar-refractivity contribution in [3.05, 3.63) is 54.0 Å². The third kappa shape index (κ3) is 2.90. The van der Waals surface area contributed by atoms with Crippen molar-refractivity contribution in [3.8, 4) is 0 Å². The summed E-state index contributed by atoms with van der Waals surface area (Å²) in [6, 6.07) is 11.5. The fraction of sp³-hybridized carbons (Fsp3) is 0.222. The monoisotopic (exact) mass is 307 g/mol. The Morgan fingerprint density at radius 2 is 2.17 bits per heavy atom. The summed E-state index contributed by atoms with van der Waals surface area (Å²) in [7, 11) is 0. The van der Waals surface area contributed by atoms with Crippen molar-refractivity contribution >= 4 is 29.0 Å². The van der Waals surface area contributed by atoms with Gasteiger partial charge < -0.3 is 9.40 Å². The number of anilines is 1. The van der Waals surface area contributed by atoms with Gasteiger partial charge in [-0.1, -0.05) is 19.1 Å². The van der Waals surface area contributed by atoms with Gasteiger partial charge in [-0.05, 0) is 42.7 Å². The lowest BCUT2D eigenvalue weighted by Crippen LogP contribution is -2.08. The normalized spacial score (nSPS) is 20.2. The van der Waals surface area contributed by atoms with Gasteiger partial charge in [0.1, 0.15) is 11.5 Å². The Balaban J connectivity index is 1.41. The number of aromatic amines is 1. The van der Waals surface area contributed by atoms with Gasteiger partial charge in [-0.3, -0.25) is 10.1 Å². The van der Waals surface area contributed by atoms with E-state index in [1.54, 1.807) is 6.08 Å². The second kappa shape index (κ2) is 5.43. The number of benzene rings is 1. The van der Waals surface area contributed by atoms with Gasteiger partial charge in [0.25, 0.3) is 5.91 Å². The standard InChI is InChI=1S/C18H17N3O2/c1-11-10-13(11)16-8-6-12(23-16)7-9-17(22)21-18-19-14-4-2-3-5-15(14)20-18/h2-9,11,13H,10H2,1H3,(H2,19,20,21,22)/b9-7+. The summed E-state index contributed by atoms with van der Waals surface area (Å²) < 4.78 is 5.74. The molecule has 1 saturated carbocycles. The minimum atomic E-state index is -0.248. The first kappa shape index (κ1) is 13.8. The van der Waals surface area contributed by atoms with Gasteiger partial charge in [-0.2, -0.15) is 0 Å². The Labute approximate surface area is 133 Å². The average Bonchev–Trinajstić information content (AvgIpc) is 2.97. The van der Waals surface area contributed by atoms with Crippen LogP contribution in [0.4, 0.5) is 5.95 Å². The maximum absolute atomic E-state index is 12.0. The molecule has 2 unspecified atom stereocenters. The predicted octanol–water partition coefficient (Wildman–Crippen LogP) is 3.93. The molecule has 2 heterocycles. The summed E-state index contributed by atoms with van der Waals surface area (Å²) >= 11 is 0. The SMILES string of the molecule is CC1CC1c1ccc(/C=C/C(=O)Nc2nc3ccccc3[nH]2)o1. The number of hydrogen-bond acceptors (Lipinski definition) is 3. The highest BCUT2D eigenvalue weighted by Gasteiger charge is 2.36. The summed E-state index contributed by atoms with van der Waals surface area (Å²) in [5, 5.41) is 2.72. The zero-order valence-corrected chi connectivity index (χ0v) is 12.7. The van der Waals surface area contributed by atoms with Crippen molar-refractivity contribution in [2.24, 2.45) is 5.92 Å². The average molecular weight is 307 g/mol. The van der Waals surface area contributed by atoms with Gasteiger partial charge in [0.05, 0.1) is 11.0 Å². The van der Waals surface area contributed by atoms with E-state index in [1.807, 2.05) is 36.4 Å². The molecule has 0 radical (unpaired) electrons. The van der Waals surface area contributed by atoms with Crippen LogP contribution in [0.25, 0.3) is 17.1 Å². The summed E-state index contributed by atoms with van der Waals surface area (Å²) in [4.78, 5) is 19.3. The summed E-state index contributed by atoms with van der Waals surface area (Å²) in [5.41, 5.74) is 1.71. The van der Waals surface area contributed by atoms with Crippen LogP contribution in [-0.2, 0) is 4.79 Å². The lowest BCUT2D eigenvalue weighted by molar-refractivity contribution is -0.111. The predicted molar refractivity (Wildman–Crippen MR) is 89.0 cm³/mol. The summed E-state index contributed by atoms with van der Waals surface area (Å²) in [6.07, 6.45) is 4.31. The number of para-hydroxylation sites is 2. The number of amides is 1. The Hall–Kier alpha value is -2.82. The van der Waals surface area contributed by atoms with E-state index in [4.69, 9.17) is 4.42 Å². The number of hydrogen-bond donors (Lipinski definition) is 2. The Bertz CT molecular complexity index is 857. The quantitative estimate of drug-likeness (QED) is 0.717. The molecule has 5 nitrogen and oxygen atoms in total. The summed E-state index contributed by atoms with van der Waals surface area (Å²) in [5.74, 6) is 3.14. The van der Waals surface area contributed by atoms with E-state index in [-0.39, 0.29) is 5.91 Å². The highest BCUT2D eigenvalue weighted by molar-refractivity contribution is 6.01. The fourth-order valence-corrected chi connectivity index (χ4v) is 2.70. The number of carbonyl (C=O) groups excluding carboxylic acids is 1. The molecule has 3 aromatic rings. The molecule has 0 bridgehead atoms. The number of rotatable bonds is 4. The molecule has 0 aliphatic heterocycles. The van der Waals surface area contributed by atoms with Gasteiger partial charge in [-0.15, -0.1) is 0 Å². The number of nitrogens with zero attached hydrogens (tertiary/aromatic N) is 1. The van der Waals surface area contributed by atoms with Gasteiger partial charge >= 0.3 is 0 Å². The van der Waals surface area contributed by atoms with Gasteiger partial charge in [0, 0.05) is 12.0 Å². The molecule has 5 heteroatoms. The van der Waals surface area contributed by atoms with Gasteiger partial charge in [0.2, 0.25) is 5.95 Å². The highest BCUT2D eigenvalue weighted by Crippen LogP contribution is 2.47. The van der Waals surface area contributed by atoms with Crippen molar-refractivity contribution in [3.63, 3.8) is 0 Å². The molecule has 0 saturated heterocycles. The zero-order chi connectivity index (χ0) is 15.8. The van der Waals surface area contributed by atoms with Crippen LogP contribution in [-0.4, -0.2) is 15.9 Å². The minimum absolute atomic E-state index is 0.248. The van der Waals surface area contributed by atoms with Crippen molar-refractivity contribution in [1.82, 2.24) is 9.97 Å². The van der Waals surface area contributed by atoms with E-state index in [1.165, 1.54) is 12.5 Å². The topological polar surface area (TPSA) is 70.9 Å². The maximum Gasteiger partial charge on any atom is 0.250 e. The van der Waals surface area contributed by atoms with Crippen molar-refractivity contribution in [2.75, 3.05) is 5.32 Å². The van der Waals surface area contributed by atoms with E-state index >= 15 is 0 Å². The lowest BCUT2D eigenvalue weighted by atomic mass is 10.3. The molecular formula is C18H17N3O2. The van der Waals surface area contributed by atoms with E-state index < -0.39 is 0 Å². The van der Waals surface area contributed by atoms with Crippen molar-refractivity contribution in [2.45, 2.75) is 19.3 Å². The zero-order valence-electron chi connectivity index (χ0n) is 12.7. The van der Waals surface area contributed by atoms with Crippen molar-refractivity contribution in [1.29, 1.82) is 0 Å². The largest absolute Gasteiger partial charge is 0.461 e. The molecule has 0 spiro atoms. The van der Waals surface area contributed by atoms with Gasteiger partial charge in [-0.25, -0.2) is 4.98 Å². The number of aromatic nitrogens is 2. The van der Waals surface area contributed by atoms with E-state index in [0.717, 1.165) is 16.8 Å². The number of fused-ring (bicyclic) bond motifs is 1. The molecule has 2 N–H and O–H groups in total. The molecule has 4 rings (SSSR count). The van der Waals surface area contributed by atoms with Crippen LogP contribution in [0.3, 0.4) is 0 Å². The number of imidazole rings is 1. The van der Waals surface area contributed by atoms with Crippen LogP contribution in [0.1, 0.15) is 30.8 Å². The Kier molecular flexibility index (Phi) is 3.26. The summed E-state index contributed by atoms with van der Waals surface area (Å²) in [6.45, 7) is 2.21. The van der Waals surface area contributed by atoms with Crippen LogP contribution in [0.15, 0.2) is 46.9 Å². The first-order chi connectivity index (χ1) is 11.2. The molecule has 1 aromatic carbocycles. The maximum atomic E-state index is 12.0. The molecule has 2 aromatic heterocycles. The molecule has 23 heavy (non-hydrogen) atoms. The van der Waals surface area contributed by atoms with Crippen LogP contribution < -0.4 is 5.32 Å². The van der Waals surface area contributed by atoms with Crippen molar-refractivity contribution < 1.29 is 9.21 Å². The number of nitrogens with one attached hydrogen (secondary N) is 2. The van der Waals surface area contributed by atoms with Crippen LogP contribution in [0.2, 0.25) is 0 Å². The number of carbonyl (C=O) groups is 1. The van der Waals surface area contributed by atoms with Crippen LogP contribution in [0.5, 0.6) is 0 Å². The molecular weight excluding hydrogens is 290 g/mol. The number of furan rings is 1. The minimum Gasteiger partial charge on any atom is -0.461 e. The molecule has 116 valence electrons. The van der Waals surface area contributed by atoms with Crippen LogP contribution >= 0.6 is 0 Å². The molecule has 1 amide bonds. The second-order valence-electron chi connectivity index (χ2n) is 5.98. The van der Waals surface area contributed by atoms with E-state index in [0.29, 0.717) is 23.5 Å². The molecule has 1 aliphatic carbocycles. The first-order valence-electron chi connectivity index (χ1n) is 7.72. The third-order valence-corrected chi connectivity index (χ3v) is 4.15. The molecule has 1 fully saturated rings. The lowest BCUT2D eigenvalue weighted by Gasteiger charge is -1.95. The Morgan fingerprint density at radius 1 is 1.35 bits per heavy atom. The molecule has 2 atom stereocenters. The van der Waals surface area contributed by atoms with E-state index in [9.17, 15) is 4.79 Å². The van der Waals surface area contributed by atoms with E-state index in [2.05, 4.69) is 22.2 Å². The highest BCUT2D eigenvalue weighted by atomic mass is 16.3. The second-order valence-corrected chi connectivity index (χ2v) is 5.98.